The monoisotopic (exact) mass is 488 g/mol. The number of halogens is 2. The first-order valence-corrected chi connectivity index (χ1v) is 11.4. The highest BCUT2D eigenvalue weighted by Crippen LogP contribution is 2.26. The van der Waals surface area contributed by atoms with Crippen LogP contribution >= 0.6 is 11.6 Å². The van der Waals surface area contributed by atoms with Crippen LogP contribution < -0.4 is 5.32 Å². The predicted molar refractivity (Wildman–Crippen MR) is 133 cm³/mol. The molecule has 0 saturated carbocycles. The zero-order valence-electron chi connectivity index (χ0n) is 19.4. The minimum atomic E-state index is -0.396. The minimum Gasteiger partial charge on any atom is -0.319 e. The average Bonchev–Trinajstić information content (AvgIpc) is 3.38. The Morgan fingerprint density at radius 2 is 1.86 bits per heavy atom. The number of rotatable bonds is 5. The summed E-state index contributed by atoms with van der Waals surface area (Å²) < 4.78 is 16.8. The molecule has 1 N–H and O–H groups in total. The topological polar surface area (TPSA) is 77.1 Å². The van der Waals surface area contributed by atoms with Gasteiger partial charge in [-0.2, -0.15) is 10.2 Å². The molecule has 7 nitrogen and oxygen atoms in total. The minimum absolute atomic E-state index is 0.324. The first-order chi connectivity index (χ1) is 16.8. The Bertz CT molecular complexity index is 1570. The second-order valence-corrected chi connectivity index (χ2v) is 8.79. The molecule has 0 saturated heterocycles. The van der Waals surface area contributed by atoms with Gasteiger partial charge >= 0.3 is 0 Å². The SMILES string of the molecule is Cc1ccc(-c2ccnc3c(C(=O)Nc4c(C)nn(Cc5ccc(F)cc5Cl)c4C)cnn23)cc1. The van der Waals surface area contributed by atoms with E-state index in [9.17, 15) is 9.18 Å². The Kier molecular flexibility index (Phi) is 5.82. The van der Waals surface area contributed by atoms with E-state index in [1.165, 1.54) is 18.3 Å². The second kappa shape index (κ2) is 8.96. The predicted octanol–water partition coefficient (Wildman–Crippen LogP) is 5.61. The van der Waals surface area contributed by atoms with Crippen LogP contribution in [0.25, 0.3) is 16.9 Å². The molecule has 0 spiro atoms. The van der Waals surface area contributed by atoms with Gasteiger partial charge in [-0.3, -0.25) is 9.48 Å². The Balaban J connectivity index is 1.44. The Morgan fingerprint density at radius 3 is 2.60 bits per heavy atom. The number of benzene rings is 2. The molecule has 0 atom stereocenters. The van der Waals surface area contributed by atoms with Gasteiger partial charge in [-0.25, -0.2) is 13.9 Å². The van der Waals surface area contributed by atoms with Crippen molar-refractivity contribution >= 4 is 28.8 Å². The Labute approximate surface area is 206 Å². The van der Waals surface area contributed by atoms with Crippen molar-refractivity contribution in [3.8, 4) is 11.3 Å². The van der Waals surface area contributed by atoms with Crippen molar-refractivity contribution in [2.45, 2.75) is 27.3 Å². The van der Waals surface area contributed by atoms with Crippen LogP contribution in [0.3, 0.4) is 0 Å². The largest absolute Gasteiger partial charge is 0.319 e. The summed E-state index contributed by atoms with van der Waals surface area (Å²) in [7, 11) is 0. The third-order valence-corrected chi connectivity index (χ3v) is 6.30. The molecule has 0 aliphatic carbocycles. The van der Waals surface area contributed by atoms with Gasteiger partial charge in [0.05, 0.1) is 35.5 Å². The van der Waals surface area contributed by atoms with Gasteiger partial charge in [0.15, 0.2) is 5.65 Å². The van der Waals surface area contributed by atoms with E-state index in [-0.39, 0.29) is 5.91 Å². The van der Waals surface area contributed by atoms with Gasteiger partial charge in [-0.05, 0) is 44.5 Å². The molecule has 176 valence electrons. The molecule has 0 radical (unpaired) electrons. The number of carbonyl (C=O) groups excluding carboxylic acids is 1. The van der Waals surface area contributed by atoms with Crippen molar-refractivity contribution in [2.24, 2.45) is 0 Å². The van der Waals surface area contributed by atoms with Crippen LogP contribution in [0.2, 0.25) is 5.02 Å². The molecule has 5 rings (SSSR count). The van der Waals surface area contributed by atoms with Crippen LogP contribution in [0.1, 0.15) is 32.9 Å². The fourth-order valence-corrected chi connectivity index (χ4v) is 4.25. The third kappa shape index (κ3) is 4.28. The van der Waals surface area contributed by atoms with Crippen molar-refractivity contribution in [3.63, 3.8) is 0 Å². The molecule has 9 heteroatoms. The smallest absolute Gasteiger partial charge is 0.261 e. The van der Waals surface area contributed by atoms with E-state index in [2.05, 4.69) is 20.5 Å². The second-order valence-electron chi connectivity index (χ2n) is 8.38. The van der Waals surface area contributed by atoms with Crippen molar-refractivity contribution in [2.75, 3.05) is 5.32 Å². The highest BCUT2D eigenvalue weighted by Gasteiger charge is 2.20. The summed E-state index contributed by atoms with van der Waals surface area (Å²) in [6.07, 6.45) is 3.19. The van der Waals surface area contributed by atoms with Crippen LogP contribution in [0.5, 0.6) is 0 Å². The number of carbonyl (C=O) groups is 1. The van der Waals surface area contributed by atoms with Gasteiger partial charge in [-0.15, -0.1) is 0 Å². The van der Waals surface area contributed by atoms with Gasteiger partial charge in [-0.1, -0.05) is 47.5 Å². The Morgan fingerprint density at radius 1 is 1.09 bits per heavy atom. The van der Waals surface area contributed by atoms with Crippen LogP contribution in [0.4, 0.5) is 10.1 Å². The number of nitrogens with zero attached hydrogens (tertiary/aromatic N) is 5. The number of fused-ring (bicyclic) bond motifs is 1. The molecule has 0 unspecified atom stereocenters. The summed E-state index contributed by atoms with van der Waals surface area (Å²) in [5.74, 6) is -0.730. The van der Waals surface area contributed by atoms with E-state index in [1.807, 2.05) is 51.1 Å². The van der Waals surface area contributed by atoms with Crippen molar-refractivity contribution in [1.82, 2.24) is 24.4 Å². The van der Waals surface area contributed by atoms with Gasteiger partial charge in [0.2, 0.25) is 0 Å². The number of aromatic nitrogens is 5. The van der Waals surface area contributed by atoms with Gasteiger partial charge in [0, 0.05) is 16.8 Å². The molecule has 3 heterocycles. The lowest BCUT2D eigenvalue weighted by atomic mass is 10.1. The summed E-state index contributed by atoms with van der Waals surface area (Å²) >= 11 is 6.18. The number of aryl methyl sites for hydroxylation is 2. The molecule has 1 amide bonds. The van der Waals surface area contributed by atoms with E-state index in [4.69, 9.17) is 11.6 Å². The van der Waals surface area contributed by atoms with E-state index in [0.29, 0.717) is 34.2 Å². The first-order valence-electron chi connectivity index (χ1n) is 11.0. The molecule has 0 fully saturated rings. The van der Waals surface area contributed by atoms with Crippen LogP contribution in [-0.4, -0.2) is 30.3 Å². The van der Waals surface area contributed by atoms with Crippen molar-refractivity contribution < 1.29 is 9.18 Å². The maximum absolute atomic E-state index is 13.4. The molecular formula is C26H22ClFN6O. The van der Waals surface area contributed by atoms with Gasteiger partial charge < -0.3 is 5.32 Å². The number of nitrogens with one attached hydrogen (secondary N) is 1. The molecule has 0 aliphatic rings. The van der Waals surface area contributed by atoms with Gasteiger partial charge in [0.1, 0.15) is 11.4 Å². The summed E-state index contributed by atoms with van der Waals surface area (Å²) in [5.41, 5.74) is 6.52. The quantitative estimate of drug-likeness (QED) is 0.349. The number of hydrogen-bond donors (Lipinski definition) is 1. The average molecular weight is 489 g/mol. The summed E-state index contributed by atoms with van der Waals surface area (Å²) in [6.45, 7) is 6.05. The third-order valence-electron chi connectivity index (χ3n) is 5.95. The normalized spacial score (nSPS) is 11.2. The van der Waals surface area contributed by atoms with E-state index in [0.717, 1.165) is 28.1 Å². The lowest BCUT2D eigenvalue weighted by molar-refractivity contribution is 0.102. The lowest BCUT2D eigenvalue weighted by Crippen LogP contribution is -2.13. The molecular weight excluding hydrogens is 467 g/mol. The number of anilines is 1. The summed E-state index contributed by atoms with van der Waals surface area (Å²) in [5, 5.41) is 12.3. The van der Waals surface area contributed by atoms with E-state index >= 15 is 0 Å². The zero-order valence-corrected chi connectivity index (χ0v) is 20.1. The van der Waals surface area contributed by atoms with E-state index in [1.54, 1.807) is 21.5 Å². The first kappa shape index (κ1) is 22.7. The highest BCUT2D eigenvalue weighted by molar-refractivity contribution is 6.31. The van der Waals surface area contributed by atoms with Crippen LogP contribution in [0, 0.1) is 26.6 Å². The fourth-order valence-electron chi connectivity index (χ4n) is 4.02. The Hall–Kier alpha value is -4.04. The van der Waals surface area contributed by atoms with Gasteiger partial charge in [0.25, 0.3) is 5.91 Å². The fraction of sp³-hybridized carbons (Fsp3) is 0.154. The maximum atomic E-state index is 13.4. The summed E-state index contributed by atoms with van der Waals surface area (Å²) in [6, 6.07) is 14.2. The summed E-state index contributed by atoms with van der Waals surface area (Å²) in [4.78, 5) is 17.6. The highest BCUT2D eigenvalue weighted by atomic mass is 35.5. The van der Waals surface area contributed by atoms with E-state index < -0.39 is 5.82 Å². The zero-order chi connectivity index (χ0) is 24.7. The molecule has 0 aliphatic heterocycles. The molecule has 3 aromatic heterocycles. The standard InChI is InChI=1S/C26H22ClFN6O/c1-15-4-6-18(7-5-15)23-10-11-29-25-21(13-30-34(23)25)26(35)31-24-16(2)32-33(17(24)3)14-19-8-9-20(28)12-22(19)27/h4-13H,14H2,1-3H3,(H,31,35). The molecule has 0 bridgehead atoms. The lowest BCUT2D eigenvalue weighted by Gasteiger charge is -2.08. The van der Waals surface area contributed by atoms with Crippen molar-refractivity contribution in [1.29, 1.82) is 0 Å². The molecule has 2 aromatic carbocycles. The number of amides is 1. The van der Waals surface area contributed by atoms with Crippen LogP contribution in [-0.2, 0) is 6.54 Å². The number of hydrogen-bond acceptors (Lipinski definition) is 4. The molecule has 35 heavy (non-hydrogen) atoms. The van der Waals surface area contributed by atoms with Crippen LogP contribution in [0.15, 0.2) is 60.9 Å². The van der Waals surface area contributed by atoms with Crippen molar-refractivity contribution in [3.05, 3.63) is 99.8 Å². The maximum Gasteiger partial charge on any atom is 0.261 e. The molecule has 5 aromatic rings.